The van der Waals surface area contributed by atoms with Crippen molar-refractivity contribution in [2.24, 2.45) is 0 Å². The quantitative estimate of drug-likeness (QED) is 0.813. The highest BCUT2D eigenvalue weighted by Gasteiger charge is 2.12. The Labute approximate surface area is 103 Å². The van der Waals surface area contributed by atoms with Crippen molar-refractivity contribution < 1.29 is 4.79 Å². The summed E-state index contributed by atoms with van der Waals surface area (Å²) in [5.41, 5.74) is 1.28. The van der Waals surface area contributed by atoms with E-state index in [0.29, 0.717) is 16.4 Å². The first-order chi connectivity index (χ1) is 7.77. The van der Waals surface area contributed by atoms with Crippen molar-refractivity contribution in [1.29, 1.82) is 0 Å². The highest BCUT2D eigenvalue weighted by atomic mass is 35.5. The molecule has 1 aliphatic rings. The van der Waals surface area contributed by atoms with Gasteiger partial charge < -0.3 is 10.6 Å². The van der Waals surface area contributed by atoms with Crippen LogP contribution in [0.15, 0.2) is 23.1 Å². The summed E-state index contributed by atoms with van der Waals surface area (Å²) in [7, 11) is 0. The van der Waals surface area contributed by atoms with E-state index < -0.39 is 0 Å². The maximum atomic E-state index is 11.7. The van der Waals surface area contributed by atoms with Gasteiger partial charge in [-0.2, -0.15) is 0 Å². The Bertz CT molecular complexity index is 414. The zero-order valence-corrected chi connectivity index (χ0v) is 10.3. The predicted molar refractivity (Wildman–Crippen MR) is 67.2 cm³/mol. The molecule has 2 N–H and O–H groups in total. The molecule has 0 saturated carbocycles. The molecule has 0 spiro atoms. The van der Waals surface area contributed by atoms with E-state index in [1.165, 1.54) is 16.9 Å². The second-order valence-corrected chi connectivity index (χ2v) is 4.92. The lowest BCUT2D eigenvalue weighted by atomic mass is 10.1. The minimum Gasteiger partial charge on any atom is -0.348 e. The molecule has 1 aromatic rings. The van der Waals surface area contributed by atoms with Crippen molar-refractivity contribution in [3.8, 4) is 0 Å². The molecule has 1 aliphatic heterocycles. The van der Waals surface area contributed by atoms with Gasteiger partial charge in [0.05, 0.1) is 5.02 Å². The molecule has 0 aromatic carbocycles. The van der Waals surface area contributed by atoms with E-state index in [1.54, 1.807) is 6.07 Å². The number of hydrogen-bond acceptors (Lipinski definition) is 3. The fourth-order valence-electron chi connectivity index (χ4n) is 1.56. The Morgan fingerprint density at radius 1 is 1.62 bits per heavy atom. The van der Waals surface area contributed by atoms with Crippen LogP contribution in [0.2, 0.25) is 5.02 Å². The highest BCUT2D eigenvalue weighted by Crippen LogP contribution is 2.21. The fraction of sp³-hybridized carbons (Fsp3) is 0.364. The maximum absolute atomic E-state index is 11.7. The second-order valence-electron chi connectivity index (χ2n) is 3.60. The molecule has 1 amide bonds. The topological polar surface area (TPSA) is 41.1 Å². The minimum atomic E-state index is -0.0839. The summed E-state index contributed by atoms with van der Waals surface area (Å²) in [6.45, 7) is 2.50. The zero-order chi connectivity index (χ0) is 11.4. The van der Waals surface area contributed by atoms with Crippen LogP contribution in [0.5, 0.6) is 0 Å². The summed E-state index contributed by atoms with van der Waals surface area (Å²) in [6.07, 6.45) is 3.12. The predicted octanol–water partition coefficient (Wildman–Crippen LogP) is 2.05. The van der Waals surface area contributed by atoms with Crippen molar-refractivity contribution in [2.75, 3.05) is 19.6 Å². The number of carbonyl (C=O) groups is 1. The van der Waals surface area contributed by atoms with Gasteiger partial charge in [-0.25, -0.2) is 0 Å². The average molecular weight is 257 g/mol. The van der Waals surface area contributed by atoms with E-state index in [9.17, 15) is 4.79 Å². The summed E-state index contributed by atoms with van der Waals surface area (Å²) < 4.78 is 0. The third kappa shape index (κ3) is 2.84. The van der Waals surface area contributed by atoms with Crippen LogP contribution in [0, 0.1) is 0 Å². The Morgan fingerprint density at radius 2 is 2.50 bits per heavy atom. The van der Waals surface area contributed by atoms with Gasteiger partial charge in [0.15, 0.2) is 0 Å². The van der Waals surface area contributed by atoms with Gasteiger partial charge in [-0.3, -0.25) is 4.79 Å². The Balaban J connectivity index is 1.89. The molecule has 0 bridgehead atoms. The van der Waals surface area contributed by atoms with Crippen molar-refractivity contribution in [3.63, 3.8) is 0 Å². The molecular weight excluding hydrogens is 244 g/mol. The number of rotatable bonds is 3. The molecule has 0 saturated heterocycles. The van der Waals surface area contributed by atoms with Crippen LogP contribution in [-0.2, 0) is 0 Å². The molecule has 0 atom stereocenters. The molecule has 86 valence electrons. The standard InChI is InChI=1S/C11H13ClN2OS/c12-9-3-6-16-10(9)11(15)14-7-8-1-4-13-5-2-8/h1,3,6,13H,2,4-5,7H2,(H,14,15). The van der Waals surface area contributed by atoms with Crippen molar-refractivity contribution in [1.82, 2.24) is 10.6 Å². The maximum Gasteiger partial charge on any atom is 0.263 e. The molecule has 16 heavy (non-hydrogen) atoms. The van der Waals surface area contributed by atoms with E-state index in [4.69, 9.17) is 11.6 Å². The first kappa shape index (κ1) is 11.6. The molecule has 0 fully saturated rings. The monoisotopic (exact) mass is 256 g/mol. The molecule has 1 aromatic heterocycles. The number of amides is 1. The molecule has 0 aliphatic carbocycles. The smallest absolute Gasteiger partial charge is 0.263 e. The van der Waals surface area contributed by atoms with E-state index in [0.717, 1.165) is 19.5 Å². The van der Waals surface area contributed by atoms with Gasteiger partial charge >= 0.3 is 0 Å². The van der Waals surface area contributed by atoms with Crippen LogP contribution >= 0.6 is 22.9 Å². The summed E-state index contributed by atoms with van der Waals surface area (Å²) in [5, 5.41) is 8.47. The average Bonchev–Trinajstić information content (AvgIpc) is 2.74. The zero-order valence-electron chi connectivity index (χ0n) is 8.75. The van der Waals surface area contributed by atoms with Crippen LogP contribution in [0.1, 0.15) is 16.1 Å². The van der Waals surface area contributed by atoms with E-state index in [-0.39, 0.29) is 5.91 Å². The van der Waals surface area contributed by atoms with Crippen molar-refractivity contribution in [3.05, 3.63) is 33.0 Å². The number of carbonyl (C=O) groups excluding carboxylic acids is 1. The van der Waals surface area contributed by atoms with Gasteiger partial charge in [-0.1, -0.05) is 23.3 Å². The lowest BCUT2D eigenvalue weighted by Gasteiger charge is -2.14. The molecule has 5 heteroatoms. The Morgan fingerprint density at radius 3 is 3.12 bits per heavy atom. The SMILES string of the molecule is O=C(NCC1=CCNCC1)c1sccc1Cl. The number of hydrogen-bond donors (Lipinski definition) is 2. The molecule has 2 rings (SSSR count). The molecule has 3 nitrogen and oxygen atoms in total. The van der Waals surface area contributed by atoms with Gasteiger partial charge in [0.25, 0.3) is 5.91 Å². The van der Waals surface area contributed by atoms with Crippen LogP contribution in [0.25, 0.3) is 0 Å². The van der Waals surface area contributed by atoms with Crippen LogP contribution in [0.3, 0.4) is 0 Å². The van der Waals surface area contributed by atoms with Crippen molar-refractivity contribution >= 4 is 28.8 Å². The van der Waals surface area contributed by atoms with Gasteiger partial charge in [0.2, 0.25) is 0 Å². The Hall–Kier alpha value is -0.840. The lowest BCUT2D eigenvalue weighted by molar-refractivity contribution is 0.0961. The van der Waals surface area contributed by atoms with Gasteiger partial charge in [-0.15, -0.1) is 11.3 Å². The third-order valence-corrected chi connectivity index (χ3v) is 3.80. The van der Waals surface area contributed by atoms with Crippen molar-refractivity contribution in [2.45, 2.75) is 6.42 Å². The number of thiophene rings is 1. The lowest BCUT2D eigenvalue weighted by Crippen LogP contribution is -2.29. The molecule has 2 heterocycles. The van der Waals surface area contributed by atoms with Crippen LogP contribution in [-0.4, -0.2) is 25.5 Å². The first-order valence-electron chi connectivity index (χ1n) is 5.17. The minimum absolute atomic E-state index is 0.0839. The van der Waals surface area contributed by atoms with E-state index in [2.05, 4.69) is 16.7 Å². The van der Waals surface area contributed by atoms with Gasteiger partial charge in [0.1, 0.15) is 4.88 Å². The normalized spacial score (nSPS) is 15.7. The third-order valence-electron chi connectivity index (χ3n) is 2.46. The second kappa shape index (κ2) is 5.48. The van der Waals surface area contributed by atoms with E-state index >= 15 is 0 Å². The van der Waals surface area contributed by atoms with Gasteiger partial charge in [-0.05, 0) is 24.4 Å². The van der Waals surface area contributed by atoms with Crippen LogP contribution in [0.4, 0.5) is 0 Å². The fourth-order valence-corrected chi connectivity index (χ4v) is 2.62. The van der Waals surface area contributed by atoms with E-state index in [1.807, 2.05) is 5.38 Å². The summed E-state index contributed by atoms with van der Waals surface area (Å²) in [5.74, 6) is -0.0839. The van der Waals surface area contributed by atoms with Gasteiger partial charge in [0, 0.05) is 13.1 Å². The highest BCUT2D eigenvalue weighted by molar-refractivity contribution is 7.12. The Kier molecular flexibility index (Phi) is 3.98. The summed E-state index contributed by atoms with van der Waals surface area (Å²) >= 11 is 7.25. The summed E-state index contributed by atoms with van der Waals surface area (Å²) in [4.78, 5) is 12.3. The van der Waals surface area contributed by atoms with Crippen LogP contribution < -0.4 is 10.6 Å². The summed E-state index contributed by atoms with van der Waals surface area (Å²) in [6, 6.07) is 1.74. The largest absolute Gasteiger partial charge is 0.348 e. The molecular formula is C11H13ClN2OS. The number of halogens is 1. The molecule has 0 radical (unpaired) electrons. The first-order valence-corrected chi connectivity index (χ1v) is 6.43. The number of nitrogens with one attached hydrogen (secondary N) is 2. The molecule has 0 unspecified atom stereocenters.